The molecule has 1 N–H and O–H groups in total. The number of amides is 1. The number of nitrogens with zero attached hydrogens (tertiary/aromatic N) is 1. The van der Waals surface area contributed by atoms with Crippen molar-refractivity contribution in [2.24, 2.45) is 5.41 Å². The maximum Gasteiger partial charge on any atom is 0.407 e. The lowest BCUT2D eigenvalue weighted by atomic mass is 9.70. The van der Waals surface area contributed by atoms with Crippen LogP contribution in [-0.2, 0) is 4.79 Å². The van der Waals surface area contributed by atoms with E-state index < -0.39 is 6.09 Å². The van der Waals surface area contributed by atoms with E-state index in [0.717, 1.165) is 12.0 Å². The Morgan fingerprint density at radius 3 is 2.93 bits per heavy atom. The molecule has 0 aromatic rings. The fourth-order valence-corrected chi connectivity index (χ4v) is 2.47. The van der Waals surface area contributed by atoms with Crippen molar-refractivity contribution in [2.75, 3.05) is 13.1 Å². The van der Waals surface area contributed by atoms with E-state index in [-0.39, 0.29) is 11.2 Å². The van der Waals surface area contributed by atoms with E-state index in [2.05, 4.69) is 6.92 Å². The Morgan fingerprint density at radius 1 is 1.53 bits per heavy atom. The number of allylic oxidation sites excluding steroid dienone is 1. The van der Waals surface area contributed by atoms with Gasteiger partial charge < -0.3 is 10.0 Å². The fraction of sp³-hybridized carbons (Fsp3) is 0.636. The molecular formula is C11H15NO3. The number of hydrogen-bond donors (Lipinski definition) is 1. The van der Waals surface area contributed by atoms with Crippen molar-refractivity contribution in [2.45, 2.75) is 26.2 Å². The van der Waals surface area contributed by atoms with Crippen molar-refractivity contribution in [1.82, 2.24) is 4.90 Å². The highest BCUT2D eigenvalue weighted by molar-refractivity contribution is 5.91. The number of fused-ring (bicyclic) bond motifs is 1. The monoisotopic (exact) mass is 209 g/mol. The number of rotatable bonds is 0. The SMILES string of the molecule is CC12CCC(=O)C=C1CCN(C(=O)O)C2. The summed E-state index contributed by atoms with van der Waals surface area (Å²) in [6.45, 7) is 3.10. The van der Waals surface area contributed by atoms with Crippen molar-refractivity contribution < 1.29 is 14.7 Å². The molecule has 1 aliphatic carbocycles. The summed E-state index contributed by atoms with van der Waals surface area (Å²) in [5, 5.41) is 8.93. The predicted molar refractivity (Wildman–Crippen MR) is 54.6 cm³/mol. The average Bonchev–Trinajstić information content (AvgIpc) is 2.18. The summed E-state index contributed by atoms with van der Waals surface area (Å²) >= 11 is 0. The van der Waals surface area contributed by atoms with Crippen LogP contribution in [0.2, 0.25) is 0 Å². The molecule has 15 heavy (non-hydrogen) atoms. The fourth-order valence-electron chi connectivity index (χ4n) is 2.47. The van der Waals surface area contributed by atoms with Gasteiger partial charge >= 0.3 is 6.09 Å². The minimum absolute atomic E-state index is 0.107. The van der Waals surface area contributed by atoms with Crippen LogP contribution >= 0.6 is 0 Å². The number of carboxylic acid groups (broad SMARTS) is 1. The molecule has 4 heteroatoms. The third kappa shape index (κ3) is 1.76. The molecule has 1 atom stereocenters. The molecule has 1 aliphatic heterocycles. The van der Waals surface area contributed by atoms with E-state index in [1.807, 2.05) is 0 Å². The minimum atomic E-state index is -0.854. The van der Waals surface area contributed by atoms with Gasteiger partial charge in [0.15, 0.2) is 5.78 Å². The zero-order valence-electron chi connectivity index (χ0n) is 8.82. The molecule has 0 aromatic heterocycles. The van der Waals surface area contributed by atoms with Crippen LogP contribution in [0.5, 0.6) is 0 Å². The largest absolute Gasteiger partial charge is 0.465 e. The van der Waals surface area contributed by atoms with Crippen LogP contribution in [0.25, 0.3) is 0 Å². The lowest BCUT2D eigenvalue weighted by Gasteiger charge is -2.43. The molecule has 0 saturated carbocycles. The van der Waals surface area contributed by atoms with Crippen molar-refractivity contribution in [3.05, 3.63) is 11.6 Å². The summed E-state index contributed by atoms with van der Waals surface area (Å²) in [5.41, 5.74) is 1.03. The Morgan fingerprint density at radius 2 is 2.27 bits per heavy atom. The molecule has 1 amide bonds. The normalized spacial score (nSPS) is 30.9. The molecule has 0 aromatic carbocycles. The minimum Gasteiger partial charge on any atom is -0.465 e. The molecule has 82 valence electrons. The number of carbonyl (C=O) groups is 2. The molecule has 4 nitrogen and oxygen atoms in total. The van der Waals surface area contributed by atoms with Crippen molar-refractivity contribution in [3.8, 4) is 0 Å². The topological polar surface area (TPSA) is 57.6 Å². The molecular weight excluding hydrogens is 194 g/mol. The lowest BCUT2D eigenvalue weighted by molar-refractivity contribution is -0.116. The maximum absolute atomic E-state index is 11.3. The summed E-state index contributed by atoms with van der Waals surface area (Å²) in [6.07, 6.45) is 2.90. The smallest absolute Gasteiger partial charge is 0.407 e. The second-order valence-electron chi connectivity index (χ2n) is 4.65. The first-order valence-electron chi connectivity index (χ1n) is 5.23. The highest BCUT2D eigenvalue weighted by Crippen LogP contribution is 2.41. The average molecular weight is 209 g/mol. The van der Waals surface area contributed by atoms with Crippen LogP contribution < -0.4 is 0 Å². The predicted octanol–water partition coefficient (Wildman–Crippen LogP) is 1.67. The van der Waals surface area contributed by atoms with Gasteiger partial charge in [-0.05, 0) is 18.9 Å². The Labute approximate surface area is 88.6 Å². The first kappa shape index (κ1) is 10.2. The van der Waals surface area contributed by atoms with E-state index in [9.17, 15) is 9.59 Å². The summed E-state index contributed by atoms with van der Waals surface area (Å²) in [6, 6.07) is 0. The van der Waals surface area contributed by atoms with E-state index >= 15 is 0 Å². The molecule has 0 spiro atoms. The highest BCUT2D eigenvalue weighted by Gasteiger charge is 2.39. The molecule has 2 aliphatic rings. The zero-order chi connectivity index (χ0) is 11.1. The number of ketones is 1. The molecule has 1 fully saturated rings. The van der Waals surface area contributed by atoms with Crippen LogP contribution in [0.15, 0.2) is 11.6 Å². The van der Waals surface area contributed by atoms with Gasteiger partial charge in [0.1, 0.15) is 0 Å². The highest BCUT2D eigenvalue weighted by atomic mass is 16.4. The van der Waals surface area contributed by atoms with Crippen molar-refractivity contribution in [3.63, 3.8) is 0 Å². The van der Waals surface area contributed by atoms with Gasteiger partial charge in [-0.2, -0.15) is 0 Å². The Bertz CT molecular complexity index is 348. The van der Waals surface area contributed by atoms with Gasteiger partial charge in [-0.25, -0.2) is 4.79 Å². The number of hydrogen-bond acceptors (Lipinski definition) is 2. The van der Waals surface area contributed by atoms with Crippen molar-refractivity contribution >= 4 is 11.9 Å². The van der Waals surface area contributed by atoms with E-state index in [1.165, 1.54) is 4.90 Å². The van der Waals surface area contributed by atoms with Gasteiger partial charge in [-0.15, -0.1) is 0 Å². The third-order valence-corrected chi connectivity index (χ3v) is 3.50. The lowest BCUT2D eigenvalue weighted by Crippen LogP contribution is -2.47. The Kier molecular flexibility index (Phi) is 2.29. The first-order valence-corrected chi connectivity index (χ1v) is 5.23. The van der Waals surface area contributed by atoms with Crippen LogP contribution in [0.4, 0.5) is 4.79 Å². The molecule has 1 saturated heterocycles. The maximum atomic E-state index is 11.3. The van der Waals surface area contributed by atoms with Crippen LogP contribution in [0, 0.1) is 5.41 Å². The molecule has 0 radical (unpaired) electrons. The Hall–Kier alpha value is -1.32. The van der Waals surface area contributed by atoms with E-state index in [1.54, 1.807) is 6.08 Å². The molecule has 1 heterocycles. The van der Waals surface area contributed by atoms with E-state index in [0.29, 0.717) is 25.9 Å². The number of likely N-dealkylation sites (tertiary alicyclic amines) is 1. The van der Waals surface area contributed by atoms with Crippen LogP contribution in [-0.4, -0.2) is 35.0 Å². The quantitative estimate of drug-likeness (QED) is 0.660. The van der Waals surface area contributed by atoms with E-state index in [4.69, 9.17) is 5.11 Å². The molecule has 1 unspecified atom stereocenters. The summed E-state index contributed by atoms with van der Waals surface area (Å²) in [5.74, 6) is 0.186. The van der Waals surface area contributed by atoms with Gasteiger partial charge in [0.05, 0.1) is 0 Å². The van der Waals surface area contributed by atoms with Crippen LogP contribution in [0.1, 0.15) is 26.2 Å². The van der Waals surface area contributed by atoms with Gasteiger partial charge in [0.25, 0.3) is 0 Å². The second-order valence-corrected chi connectivity index (χ2v) is 4.65. The van der Waals surface area contributed by atoms with Gasteiger partial charge in [0.2, 0.25) is 0 Å². The van der Waals surface area contributed by atoms with Crippen molar-refractivity contribution in [1.29, 1.82) is 0 Å². The molecule has 0 bridgehead atoms. The first-order chi connectivity index (χ1) is 7.01. The third-order valence-electron chi connectivity index (χ3n) is 3.50. The number of carbonyl (C=O) groups excluding carboxylic acids is 1. The van der Waals surface area contributed by atoms with Crippen LogP contribution in [0.3, 0.4) is 0 Å². The number of piperidine rings is 1. The zero-order valence-corrected chi connectivity index (χ0v) is 8.82. The summed E-state index contributed by atoms with van der Waals surface area (Å²) in [4.78, 5) is 23.6. The molecule has 2 rings (SSSR count). The summed E-state index contributed by atoms with van der Waals surface area (Å²) < 4.78 is 0. The second kappa shape index (κ2) is 3.36. The van der Waals surface area contributed by atoms with Gasteiger partial charge in [0, 0.05) is 24.9 Å². The van der Waals surface area contributed by atoms with Gasteiger partial charge in [-0.1, -0.05) is 12.5 Å². The Balaban J connectivity index is 2.22. The van der Waals surface area contributed by atoms with Gasteiger partial charge in [-0.3, -0.25) is 4.79 Å². The standard InChI is InChI=1S/C11H15NO3/c1-11-4-2-9(13)6-8(11)3-5-12(7-11)10(14)15/h6H,2-5,7H2,1H3,(H,14,15). The summed E-state index contributed by atoms with van der Waals surface area (Å²) in [7, 11) is 0.